The predicted molar refractivity (Wildman–Crippen MR) is 260 cm³/mol. The summed E-state index contributed by atoms with van der Waals surface area (Å²) >= 11 is 0. The van der Waals surface area contributed by atoms with Crippen LogP contribution >= 0.6 is 0 Å². The largest absolute Gasteiger partial charge is 0.456 e. The highest BCUT2D eigenvalue weighted by Gasteiger charge is 2.21. The number of para-hydroxylation sites is 4. The summed E-state index contributed by atoms with van der Waals surface area (Å²) in [7, 11) is 0. The van der Waals surface area contributed by atoms with Crippen molar-refractivity contribution >= 4 is 88.6 Å². The van der Waals surface area contributed by atoms with Crippen molar-refractivity contribution in [3.63, 3.8) is 0 Å². The van der Waals surface area contributed by atoms with Crippen LogP contribution in [0, 0.1) is 0 Å². The Morgan fingerprint density at radius 2 is 0.935 bits per heavy atom. The van der Waals surface area contributed by atoms with Crippen LogP contribution in [0.2, 0.25) is 0 Å². The average molecular weight is 794 g/mol. The zero-order valence-corrected chi connectivity index (χ0v) is 33.8. The molecule has 0 radical (unpaired) electrons. The van der Waals surface area contributed by atoms with Crippen LogP contribution in [-0.2, 0) is 0 Å². The second kappa shape index (κ2) is 14.7. The van der Waals surface area contributed by atoms with Crippen LogP contribution in [0.1, 0.15) is 0 Å². The number of anilines is 6. The van der Waals surface area contributed by atoms with Gasteiger partial charge in [0.05, 0.1) is 16.7 Å². The topological polar surface area (TPSA) is 24.6 Å². The zero-order chi connectivity index (χ0) is 41.0. The molecule has 0 N–H and O–H groups in total. The summed E-state index contributed by atoms with van der Waals surface area (Å²) in [6.45, 7) is 0. The molecule has 12 aromatic rings. The van der Waals surface area contributed by atoms with Crippen molar-refractivity contribution < 1.29 is 4.42 Å². The molecule has 10 aromatic carbocycles. The van der Waals surface area contributed by atoms with E-state index in [1.165, 1.54) is 27.4 Å². The van der Waals surface area contributed by atoms with Gasteiger partial charge in [-0.2, -0.15) is 0 Å². The third kappa shape index (κ3) is 6.00. The third-order valence-electron chi connectivity index (χ3n) is 12.1. The second-order valence-electron chi connectivity index (χ2n) is 15.8. The zero-order valence-electron chi connectivity index (χ0n) is 33.8. The number of furan rings is 1. The van der Waals surface area contributed by atoms with E-state index in [4.69, 9.17) is 4.42 Å². The second-order valence-corrected chi connectivity index (χ2v) is 15.8. The Labute approximate surface area is 359 Å². The molecular weight excluding hydrogens is 755 g/mol. The van der Waals surface area contributed by atoms with E-state index in [0.29, 0.717) is 0 Å². The molecule has 0 saturated carbocycles. The highest BCUT2D eigenvalue weighted by Crippen LogP contribution is 2.45. The van der Waals surface area contributed by atoms with Gasteiger partial charge in [0.2, 0.25) is 0 Å². The van der Waals surface area contributed by atoms with Gasteiger partial charge in [0.1, 0.15) is 11.2 Å². The molecule has 0 unspecified atom stereocenters. The molecule has 0 aliphatic rings. The van der Waals surface area contributed by atoms with Gasteiger partial charge < -0.3 is 18.8 Å². The number of hydrogen-bond acceptors (Lipinski definition) is 3. The van der Waals surface area contributed by atoms with E-state index in [1.54, 1.807) is 0 Å². The van der Waals surface area contributed by atoms with Crippen molar-refractivity contribution in [2.45, 2.75) is 0 Å². The Bertz CT molecular complexity index is 3580. The SMILES string of the molecule is c1ccc(-c2ccc3c(c2)c2ccc(N(c4ccccc4)c4cccc(N(c5ccccc5)c5cccc6cc7oc8ccccc8c7cc56)c4)cc2n3-c2ccccc2)cc1. The Kier molecular flexibility index (Phi) is 8.46. The fourth-order valence-electron chi connectivity index (χ4n) is 9.29. The molecule has 0 atom stereocenters. The lowest BCUT2D eigenvalue weighted by Crippen LogP contribution is -2.13. The van der Waals surface area contributed by atoms with Crippen LogP contribution in [0.5, 0.6) is 0 Å². The first-order chi connectivity index (χ1) is 30.7. The normalized spacial score (nSPS) is 11.5. The van der Waals surface area contributed by atoms with Crippen LogP contribution < -0.4 is 9.80 Å². The first-order valence-electron chi connectivity index (χ1n) is 21.1. The predicted octanol–water partition coefficient (Wildman–Crippen LogP) is 16.4. The summed E-state index contributed by atoms with van der Waals surface area (Å²) in [6.07, 6.45) is 0. The van der Waals surface area contributed by atoms with E-state index in [1.807, 2.05) is 12.1 Å². The Balaban J connectivity index is 1.05. The summed E-state index contributed by atoms with van der Waals surface area (Å²) in [4.78, 5) is 4.75. The summed E-state index contributed by atoms with van der Waals surface area (Å²) in [5.74, 6) is 0. The highest BCUT2D eigenvalue weighted by molar-refractivity contribution is 6.14. The molecule has 4 nitrogen and oxygen atoms in total. The van der Waals surface area contributed by atoms with Gasteiger partial charge >= 0.3 is 0 Å². The van der Waals surface area contributed by atoms with E-state index < -0.39 is 0 Å². The van der Waals surface area contributed by atoms with Gasteiger partial charge in [-0.3, -0.25) is 0 Å². The maximum absolute atomic E-state index is 6.34. The Hall–Kier alpha value is -8.34. The molecule has 2 heterocycles. The lowest BCUT2D eigenvalue weighted by Gasteiger charge is -2.30. The molecule has 0 aliphatic heterocycles. The van der Waals surface area contributed by atoms with Crippen LogP contribution in [0.4, 0.5) is 34.1 Å². The summed E-state index contributed by atoms with van der Waals surface area (Å²) in [5, 5.41) is 6.92. The number of hydrogen-bond donors (Lipinski definition) is 0. The molecule has 2 aromatic heterocycles. The van der Waals surface area contributed by atoms with Crippen LogP contribution in [-0.4, -0.2) is 4.57 Å². The van der Waals surface area contributed by atoms with Crippen molar-refractivity contribution in [2.24, 2.45) is 0 Å². The van der Waals surface area contributed by atoms with Gasteiger partial charge in [0.25, 0.3) is 0 Å². The van der Waals surface area contributed by atoms with Crippen molar-refractivity contribution in [2.75, 3.05) is 9.80 Å². The molecule has 0 saturated heterocycles. The number of nitrogens with zero attached hydrogens (tertiary/aromatic N) is 3. The lowest BCUT2D eigenvalue weighted by atomic mass is 10.0. The maximum atomic E-state index is 6.34. The van der Waals surface area contributed by atoms with E-state index in [-0.39, 0.29) is 0 Å². The summed E-state index contributed by atoms with van der Waals surface area (Å²) in [5.41, 5.74) is 14.0. The van der Waals surface area contributed by atoms with Gasteiger partial charge in [0, 0.05) is 61.1 Å². The molecule has 4 heteroatoms. The lowest BCUT2D eigenvalue weighted by molar-refractivity contribution is 0.669. The summed E-state index contributed by atoms with van der Waals surface area (Å²) < 4.78 is 8.74. The Morgan fingerprint density at radius 3 is 1.71 bits per heavy atom. The van der Waals surface area contributed by atoms with Crippen molar-refractivity contribution in [3.05, 3.63) is 237 Å². The molecule has 0 bridgehead atoms. The first-order valence-corrected chi connectivity index (χ1v) is 21.1. The summed E-state index contributed by atoms with van der Waals surface area (Å²) in [6, 6.07) is 84.7. The molecule has 0 fully saturated rings. The third-order valence-corrected chi connectivity index (χ3v) is 12.1. The van der Waals surface area contributed by atoms with Crippen LogP contribution in [0.3, 0.4) is 0 Å². The Morgan fingerprint density at radius 1 is 0.306 bits per heavy atom. The molecular formula is C58H39N3O. The van der Waals surface area contributed by atoms with Crippen molar-refractivity contribution in [3.8, 4) is 16.8 Å². The van der Waals surface area contributed by atoms with Crippen LogP contribution in [0.15, 0.2) is 241 Å². The molecule has 12 rings (SSSR count). The fraction of sp³-hybridized carbons (Fsp3) is 0. The van der Waals surface area contributed by atoms with E-state index in [0.717, 1.165) is 78.0 Å². The molecule has 0 amide bonds. The number of aromatic nitrogens is 1. The number of rotatable bonds is 8. The minimum absolute atomic E-state index is 0.891. The molecule has 0 spiro atoms. The van der Waals surface area contributed by atoms with Gasteiger partial charge in [-0.25, -0.2) is 0 Å². The minimum atomic E-state index is 0.891. The quantitative estimate of drug-likeness (QED) is 0.153. The van der Waals surface area contributed by atoms with Crippen LogP contribution in [0.25, 0.3) is 71.3 Å². The van der Waals surface area contributed by atoms with Gasteiger partial charge in [-0.1, -0.05) is 133 Å². The standard InChI is InChI=1S/C58H39N3O/c1-5-17-40(18-6-1)41-31-34-55-52(35-41)49-33-32-48(38-56(49)61(55)45-24-11-4-12-25-45)59(43-20-7-2-8-21-43)46-26-16-27-47(37-46)60(44-22-9-3-10-23-44)54-29-15-19-42-36-58-53(39-51(42)54)50-28-13-14-30-57(50)62-58/h1-39H. The van der Waals surface area contributed by atoms with Crippen molar-refractivity contribution in [1.29, 1.82) is 0 Å². The monoisotopic (exact) mass is 793 g/mol. The van der Waals surface area contributed by atoms with E-state index in [2.05, 4.69) is 239 Å². The average Bonchev–Trinajstić information content (AvgIpc) is 3.87. The molecule has 62 heavy (non-hydrogen) atoms. The molecule has 0 aliphatic carbocycles. The van der Waals surface area contributed by atoms with Gasteiger partial charge in [0.15, 0.2) is 0 Å². The first kappa shape index (κ1) is 35.6. The van der Waals surface area contributed by atoms with Gasteiger partial charge in [-0.15, -0.1) is 0 Å². The number of benzene rings is 10. The van der Waals surface area contributed by atoms with E-state index >= 15 is 0 Å². The highest BCUT2D eigenvalue weighted by atomic mass is 16.3. The number of fused-ring (bicyclic) bond motifs is 7. The smallest absolute Gasteiger partial charge is 0.136 e. The molecule has 292 valence electrons. The van der Waals surface area contributed by atoms with E-state index in [9.17, 15) is 0 Å². The van der Waals surface area contributed by atoms with Crippen molar-refractivity contribution in [1.82, 2.24) is 4.57 Å². The fourth-order valence-corrected chi connectivity index (χ4v) is 9.29. The maximum Gasteiger partial charge on any atom is 0.136 e. The van der Waals surface area contributed by atoms with Gasteiger partial charge in [-0.05, 0) is 120 Å². The minimum Gasteiger partial charge on any atom is -0.456 e.